The SMILES string of the molecule is C=C(C)C[C@@H](c1ccccc1OCC)N1CCNCC1.Cl.Cl. The molecule has 1 aromatic rings. The Hall–Kier alpha value is -0.740. The van der Waals surface area contributed by atoms with Gasteiger partial charge in [0.15, 0.2) is 0 Å². The number of hydrogen-bond donors (Lipinski definition) is 1. The molecule has 1 N–H and O–H groups in total. The monoisotopic (exact) mass is 346 g/mol. The van der Waals surface area contributed by atoms with Crippen molar-refractivity contribution in [3.05, 3.63) is 42.0 Å². The van der Waals surface area contributed by atoms with Gasteiger partial charge in [0.1, 0.15) is 5.75 Å². The van der Waals surface area contributed by atoms with Crippen LogP contribution in [-0.4, -0.2) is 37.7 Å². The number of para-hydroxylation sites is 1. The number of nitrogens with zero attached hydrogens (tertiary/aromatic N) is 1. The molecule has 3 nitrogen and oxygen atoms in total. The molecule has 5 heteroatoms. The largest absolute Gasteiger partial charge is 0.494 e. The maximum atomic E-state index is 5.82. The predicted molar refractivity (Wildman–Crippen MR) is 98.7 cm³/mol. The van der Waals surface area contributed by atoms with E-state index < -0.39 is 0 Å². The lowest BCUT2D eigenvalue weighted by Gasteiger charge is -2.36. The molecule has 0 unspecified atom stereocenters. The summed E-state index contributed by atoms with van der Waals surface area (Å²) < 4.78 is 5.82. The molecular weight excluding hydrogens is 319 g/mol. The van der Waals surface area contributed by atoms with Crippen LogP contribution in [0.4, 0.5) is 0 Å². The summed E-state index contributed by atoms with van der Waals surface area (Å²) in [5.74, 6) is 1.01. The summed E-state index contributed by atoms with van der Waals surface area (Å²) in [5.41, 5.74) is 2.51. The van der Waals surface area contributed by atoms with Crippen LogP contribution in [-0.2, 0) is 0 Å². The van der Waals surface area contributed by atoms with Gasteiger partial charge in [-0.3, -0.25) is 4.90 Å². The van der Waals surface area contributed by atoms with E-state index in [9.17, 15) is 0 Å². The molecule has 0 aliphatic carbocycles. The summed E-state index contributed by atoms with van der Waals surface area (Å²) >= 11 is 0. The predicted octanol–water partition coefficient (Wildman–Crippen LogP) is 3.84. The number of rotatable bonds is 6. The molecule has 0 bridgehead atoms. The Morgan fingerprint density at radius 2 is 1.91 bits per heavy atom. The van der Waals surface area contributed by atoms with Crippen LogP contribution >= 0.6 is 24.8 Å². The van der Waals surface area contributed by atoms with Crippen LogP contribution in [0.5, 0.6) is 5.75 Å². The van der Waals surface area contributed by atoms with E-state index in [1.165, 1.54) is 11.1 Å². The number of piperazine rings is 1. The van der Waals surface area contributed by atoms with E-state index in [1.807, 2.05) is 13.0 Å². The number of ether oxygens (including phenoxy) is 1. The fraction of sp³-hybridized carbons (Fsp3) is 0.529. The van der Waals surface area contributed by atoms with Gasteiger partial charge in [-0.05, 0) is 26.3 Å². The molecule has 0 radical (unpaired) electrons. The maximum Gasteiger partial charge on any atom is 0.124 e. The molecule has 2 rings (SSSR count). The highest BCUT2D eigenvalue weighted by molar-refractivity contribution is 5.85. The van der Waals surface area contributed by atoms with Crippen molar-refractivity contribution < 1.29 is 4.74 Å². The number of nitrogens with one attached hydrogen (secondary N) is 1. The molecule has 0 spiro atoms. The smallest absolute Gasteiger partial charge is 0.124 e. The normalized spacial score (nSPS) is 16.1. The Bertz CT molecular complexity index is 448. The number of benzene rings is 1. The molecule has 0 amide bonds. The Kier molecular flexibility index (Phi) is 10.5. The minimum Gasteiger partial charge on any atom is -0.494 e. The van der Waals surface area contributed by atoms with Crippen molar-refractivity contribution in [1.82, 2.24) is 10.2 Å². The molecule has 1 saturated heterocycles. The summed E-state index contributed by atoms with van der Waals surface area (Å²) in [7, 11) is 0. The quantitative estimate of drug-likeness (QED) is 0.792. The highest BCUT2D eigenvalue weighted by Crippen LogP contribution is 2.33. The van der Waals surface area contributed by atoms with E-state index in [1.54, 1.807) is 0 Å². The van der Waals surface area contributed by atoms with Crippen LogP contribution in [0.25, 0.3) is 0 Å². The second-order valence-electron chi connectivity index (χ2n) is 5.43. The van der Waals surface area contributed by atoms with Crippen molar-refractivity contribution in [2.24, 2.45) is 0 Å². The third-order valence-corrected chi connectivity index (χ3v) is 3.71. The molecule has 1 aromatic carbocycles. The Balaban J connectivity index is 0.00000220. The van der Waals surface area contributed by atoms with E-state index in [-0.39, 0.29) is 24.8 Å². The van der Waals surface area contributed by atoms with Crippen LogP contribution in [0.3, 0.4) is 0 Å². The zero-order valence-electron chi connectivity index (χ0n) is 13.5. The molecule has 22 heavy (non-hydrogen) atoms. The molecule has 1 atom stereocenters. The lowest BCUT2D eigenvalue weighted by atomic mass is 9.97. The highest BCUT2D eigenvalue weighted by atomic mass is 35.5. The Morgan fingerprint density at radius 3 is 2.50 bits per heavy atom. The van der Waals surface area contributed by atoms with Gasteiger partial charge in [-0.1, -0.05) is 23.8 Å². The summed E-state index contributed by atoms with van der Waals surface area (Å²) in [6, 6.07) is 8.79. The molecular formula is C17H28Cl2N2O. The van der Waals surface area contributed by atoms with Crippen molar-refractivity contribution in [2.45, 2.75) is 26.3 Å². The van der Waals surface area contributed by atoms with Crippen LogP contribution in [0.15, 0.2) is 36.4 Å². The summed E-state index contributed by atoms with van der Waals surface area (Å²) in [6.07, 6.45) is 0.990. The second-order valence-corrected chi connectivity index (χ2v) is 5.43. The Labute approximate surface area is 146 Å². The zero-order valence-corrected chi connectivity index (χ0v) is 15.1. The van der Waals surface area contributed by atoms with Gasteiger partial charge in [0, 0.05) is 37.8 Å². The van der Waals surface area contributed by atoms with Gasteiger partial charge in [0.05, 0.1) is 6.61 Å². The molecule has 1 aliphatic heterocycles. The van der Waals surface area contributed by atoms with E-state index >= 15 is 0 Å². The second kappa shape index (κ2) is 10.9. The van der Waals surface area contributed by atoms with Gasteiger partial charge in [-0.25, -0.2) is 0 Å². The number of halogens is 2. The molecule has 0 aromatic heterocycles. The summed E-state index contributed by atoms with van der Waals surface area (Å²) in [5, 5.41) is 3.42. The van der Waals surface area contributed by atoms with Gasteiger partial charge in [-0.15, -0.1) is 31.4 Å². The molecule has 1 aliphatic rings. The standard InChI is InChI=1S/C17H26N2O.2ClH/c1-4-20-17-8-6-5-7-15(17)16(13-14(2)3)19-11-9-18-10-12-19;;/h5-8,16,18H,2,4,9-13H2,1,3H3;2*1H/t16-;;/m0../s1. The highest BCUT2D eigenvalue weighted by Gasteiger charge is 2.24. The van der Waals surface area contributed by atoms with Crippen molar-refractivity contribution in [1.29, 1.82) is 0 Å². The molecule has 1 heterocycles. The van der Waals surface area contributed by atoms with E-state index in [4.69, 9.17) is 4.74 Å². The van der Waals surface area contributed by atoms with Crippen molar-refractivity contribution >= 4 is 24.8 Å². The van der Waals surface area contributed by atoms with Gasteiger partial charge in [0.2, 0.25) is 0 Å². The summed E-state index contributed by atoms with van der Waals surface area (Å²) in [4.78, 5) is 2.54. The van der Waals surface area contributed by atoms with Crippen LogP contribution in [0, 0.1) is 0 Å². The molecule has 0 saturated carbocycles. The average molecular weight is 347 g/mol. The molecule has 126 valence electrons. The minimum absolute atomic E-state index is 0. The first kappa shape index (κ1) is 21.3. The van der Waals surface area contributed by atoms with E-state index in [0.29, 0.717) is 12.6 Å². The minimum atomic E-state index is 0. The Morgan fingerprint density at radius 1 is 1.27 bits per heavy atom. The van der Waals surface area contributed by atoms with Crippen molar-refractivity contribution in [3.8, 4) is 5.75 Å². The van der Waals surface area contributed by atoms with E-state index in [2.05, 4.69) is 41.9 Å². The van der Waals surface area contributed by atoms with Crippen molar-refractivity contribution in [3.63, 3.8) is 0 Å². The zero-order chi connectivity index (χ0) is 14.4. The first-order valence-corrected chi connectivity index (χ1v) is 7.53. The van der Waals surface area contributed by atoms with Gasteiger partial charge in [0.25, 0.3) is 0 Å². The van der Waals surface area contributed by atoms with Crippen LogP contribution < -0.4 is 10.1 Å². The fourth-order valence-corrected chi connectivity index (χ4v) is 2.80. The number of hydrogen-bond acceptors (Lipinski definition) is 3. The summed E-state index contributed by atoms with van der Waals surface area (Å²) in [6.45, 7) is 13.2. The first-order chi connectivity index (χ1) is 9.72. The first-order valence-electron chi connectivity index (χ1n) is 7.53. The maximum absolute atomic E-state index is 5.82. The molecule has 1 fully saturated rings. The van der Waals surface area contributed by atoms with Crippen LogP contribution in [0.2, 0.25) is 0 Å². The van der Waals surface area contributed by atoms with Gasteiger partial charge < -0.3 is 10.1 Å². The topological polar surface area (TPSA) is 24.5 Å². The van der Waals surface area contributed by atoms with Gasteiger partial charge >= 0.3 is 0 Å². The average Bonchev–Trinajstić information content (AvgIpc) is 2.47. The lowest BCUT2D eigenvalue weighted by Crippen LogP contribution is -2.45. The fourth-order valence-electron chi connectivity index (χ4n) is 2.80. The van der Waals surface area contributed by atoms with Crippen LogP contribution in [0.1, 0.15) is 31.9 Å². The van der Waals surface area contributed by atoms with Gasteiger partial charge in [-0.2, -0.15) is 0 Å². The third kappa shape index (κ3) is 5.81. The van der Waals surface area contributed by atoms with E-state index in [0.717, 1.165) is 38.3 Å². The van der Waals surface area contributed by atoms with Crippen molar-refractivity contribution in [2.75, 3.05) is 32.8 Å². The third-order valence-electron chi connectivity index (χ3n) is 3.71. The lowest BCUT2D eigenvalue weighted by molar-refractivity contribution is 0.168.